The molecule has 70 valence electrons. The first-order chi connectivity index (χ1) is 6.17. The van der Waals surface area contributed by atoms with Gasteiger partial charge in [0.1, 0.15) is 0 Å². The van der Waals surface area contributed by atoms with Crippen LogP contribution in [-0.2, 0) is 14.3 Å². The van der Waals surface area contributed by atoms with E-state index in [2.05, 4.69) is 10.8 Å². The van der Waals surface area contributed by atoms with Gasteiger partial charge in [0.05, 0.1) is 11.5 Å². The Labute approximate surface area is 77.8 Å². The minimum absolute atomic E-state index is 0.00275. The van der Waals surface area contributed by atoms with Gasteiger partial charge in [-0.05, 0) is 12.1 Å². The van der Waals surface area contributed by atoms with E-state index in [0.717, 1.165) is 0 Å². The molecule has 1 aromatic rings. The maximum Gasteiger partial charge on any atom is 0.297 e. The normalized spacial score (nSPS) is 11.1. The Bertz CT molecular complexity index is 367. The molecule has 0 aliphatic heterocycles. The van der Waals surface area contributed by atoms with Crippen LogP contribution >= 0.6 is 0 Å². The molecule has 0 aliphatic carbocycles. The lowest BCUT2D eigenvalue weighted by atomic mass is 10.4. The molecule has 0 bridgehead atoms. The summed E-state index contributed by atoms with van der Waals surface area (Å²) in [6.45, 7) is 3.37. The topological polar surface area (TPSA) is 43.4 Å². The van der Waals surface area contributed by atoms with Gasteiger partial charge < -0.3 is 0 Å². The highest BCUT2D eigenvalue weighted by Gasteiger charge is 2.12. The van der Waals surface area contributed by atoms with Gasteiger partial charge in [0.2, 0.25) is 0 Å². The van der Waals surface area contributed by atoms with Gasteiger partial charge in [0.25, 0.3) is 10.1 Å². The van der Waals surface area contributed by atoms with Gasteiger partial charge in [-0.2, -0.15) is 8.42 Å². The predicted molar refractivity (Wildman–Crippen MR) is 49.8 cm³/mol. The van der Waals surface area contributed by atoms with Crippen molar-refractivity contribution in [2.24, 2.45) is 0 Å². The molecule has 0 heterocycles. The summed E-state index contributed by atoms with van der Waals surface area (Å²) < 4.78 is 27.3. The van der Waals surface area contributed by atoms with Crippen molar-refractivity contribution >= 4 is 10.1 Å². The van der Waals surface area contributed by atoms with Gasteiger partial charge in [-0.3, -0.25) is 4.18 Å². The zero-order valence-corrected chi connectivity index (χ0v) is 7.83. The maximum absolute atomic E-state index is 11.3. The van der Waals surface area contributed by atoms with Crippen molar-refractivity contribution in [2.75, 3.05) is 6.61 Å². The van der Waals surface area contributed by atoms with Gasteiger partial charge >= 0.3 is 0 Å². The fourth-order valence-electron chi connectivity index (χ4n) is 0.793. The van der Waals surface area contributed by atoms with E-state index in [4.69, 9.17) is 0 Å². The van der Waals surface area contributed by atoms with Gasteiger partial charge in [-0.25, -0.2) is 0 Å². The summed E-state index contributed by atoms with van der Waals surface area (Å²) in [5, 5.41) is 0. The van der Waals surface area contributed by atoms with E-state index >= 15 is 0 Å². The van der Waals surface area contributed by atoms with Gasteiger partial charge in [0, 0.05) is 0 Å². The third-order valence-corrected chi connectivity index (χ3v) is 2.67. The minimum Gasteiger partial charge on any atom is -0.262 e. The zero-order chi connectivity index (χ0) is 9.73. The SMILES string of the molecule is C=CCOS(=O)(=O)c1ccccc1. The maximum atomic E-state index is 11.3. The number of hydrogen-bond acceptors (Lipinski definition) is 3. The highest BCUT2D eigenvalue weighted by atomic mass is 32.2. The first kappa shape index (κ1) is 9.95. The lowest BCUT2D eigenvalue weighted by molar-refractivity contribution is 0.357. The van der Waals surface area contributed by atoms with Crippen LogP contribution in [0.5, 0.6) is 0 Å². The second kappa shape index (κ2) is 4.20. The Hall–Kier alpha value is -1.13. The Kier molecular flexibility index (Phi) is 3.22. The molecule has 13 heavy (non-hydrogen) atoms. The second-order valence-electron chi connectivity index (χ2n) is 2.34. The second-order valence-corrected chi connectivity index (χ2v) is 3.96. The number of benzene rings is 1. The summed E-state index contributed by atoms with van der Waals surface area (Å²) in [4.78, 5) is 0.164. The molecule has 0 atom stereocenters. The molecule has 0 aromatic heterocycles. The fraction of sp³-hybridized carbons (Fsp3) is 0.111. The molecular weight excluding hydrogens is 188 g/mol. The molecule has 0 N–H and O–H groups in total. The van der Waals surface area contributed by atoms with Crippen molar-refractivity contribution in [3.05, 3.63) is 43.0 Å². The third-order valence-electron chi connectivity index (χ3n) is 1.37. The van der Waals surface area contributed by atoms with Gasteiger partial charge in [-0.1, -0.05) is 24.3 Å². The summed E-state index contributed by atoms with van der Waals surface area (Å²) >= 11 is 0. The van der Waals surface area contributed by atoms with Crippen molar-refractivity contribution < 1.29 is 12.6 Å². The van der Waals surface area contributed by atoms with E-state index in [1.165, 1.54) is 18.2 Å². The smallest absolute Gasteiger partial charge is 0.262 e. The summed E-state index contributed by atoms with van der Waals surface area (Å²) in [6, 6.07) is 8.00. The lowest BCUT2D eigenvalue weighted by Crippen LogP contribution is -2.05. The molecule has 4 heteroatoms. The van der Waals surface area contributed by atoms with Crippen molar-refractivity contribution in [2.45, 2.75) is 4.90 Å². The van der Waals surface area contributed by atoms with Crippen molar-refractivity contribution in [1.29, 1.82) is 0 Å². The van der Waals surface area contributed by atoms with E-state index in [1.54, 1.807) is 18.2 Å². The average molecular weight is 198 g/mol. The predicted octanol–water partition coefficient (Wildman–Crippen LogP) is 1.58. The van der Waals surface area contributed by atoms with Crippen LogP contribution in [0, 0.1) is 0 Å². The molecule has 0 radical (unpaired) electrons. The summed E-state index contributed by atoms with van der Waals surface area (Å²) in [6.07, 6.45) is 1.39. The van der Waals surface area contributed by atoms with Crippen LogP contribution in [0.25, 0.3) is 0 Å². The zero-order valence-electron chi connectivity index (χ0n) is 7.01. The van der Waals surface area contributed by atoms with Crippen LogP contribution in [0.4, 0.5) is 0 Å². The third kappa shape index (κ3) is 2.68. The lowest BCUT2D eigenvalue weighted by Gasteiger charge is -2.01. The monoisotopic (exact) mass is 198 g/mol. The molecule has 0 fully saturated rings. The van der Waals surface area contributed by atoms with Crippen LogP contribution in [-0.4, -0.2) is 15.0 Å². The van der Waals surface area contributed by atoms with Crippen LogP contribution < -0.4 is 0 Å². The largest absolute Gasteiger partial charge is 0.297 e. The van der Waals surface area contributed by atoms with Crippen molar-refractivity contribution in [3.63, 3.8) is 0 Å². The van der Waals surface area contributed by atoms with Crippen LogP contribution in [0.3, 0.4) is 0 Å². The summed E-state index contributed by atoms with van der Waals surface area (Å²) in [7, 11) is -3.59. The van der Waals surface area contributed by atoms with Crippen LogP contribution in [0.2, 0.25) is 0 Å². The van der Waals surface area contributed by atoms with Crippen molar-refractivity contribution in [1.82, 2.24) is 0 Å². The highest BCUT2D eigenvalue weighted by Crippen LogP contribution is 2.10. The number of hydrogen-bond donors (Lipinski definition) is 0. The first-order valence-electron chi connectivity index (χ1n) is 3.72. The van der Waals surface area contributed by atoms with Gasteiger partial charge in [-0.15, -0.1) is 6.58 Å². The Morgan fingerprint density at radius 1 is 1.31 bits per heavy atom. The summed E-state index contributed by atoms with van der Waals surface area (Å²) in [5.41, 5.74) is 0. The van der Waals surface area contributed by atoms with Crippen LogP contribution in [0.1, 0.15) is 0 Å². The van der Waals surface area contributed by atoms with Gasteiger partial charge in [0.15, 0.2) is 0 Å². The quantitative estimate of drug-likeness (QED) is 0.545. The fourth-order valence-corrected chi connectivity index (χ4v) is 1.69. The Balaban J connectivity index is 2.88. The standard InChI is InChI=1S/C9H10O3S/c1-2-8-12-13(10,11)9-6-4-3-5-7-9/h2-7H,1,8H2. The van der Waals surface area contributed by atoms with Crippen LogP contribution in [0.15, 0.2) is 47.9 Å². The van der Waals surface area contributed by atoms with Crippen molar-refractivity contribution in [3.8, 4) is 0 Å². The molecular formula is C9H10O3S. The van der Waals surface area contributed by atoms with E-state index in [1.807, 2.05) is 0 Å². The molecule has 0 aliphatic rings. The molecule has 3 nitrogen and oxygen atoms in total. The molecule has 1 aromatic carbocycles. The molecule has 0 saturated heterocycles. The van der Waals surface area contributed by atoms with E-state index in [-0.39, 0.29) is 11.5 Å². The molecule has 0 spiro atoms. The van der Waals surface area contributed by atoms with E-state index in [9.17, 15) is 8.42 Å². The molecule has 0 amide bonds. The average Bonchev–Trinajstić information content (AvgIpc) is 2.16. The number of rotatable bonds is 4. The first-order valence-corrected chi connectivity index (χ1v) is 5.13. The molecule has 1 rings (SSSR count). The van der Waals surface area contributed by atoms with E-state index in [0.29, 0.717) is 0 Å². The minimum atomic E-state index is -3.59. The highest BCUT2D eigenvalue weighted by molar-refractivity contribution is 7.86. The molecule has 0 saturated carbocycles. The Morgan fingerprint density at radius 2 is 1.92 bits per heavy atom. The Morgan fingerprint density at radius 3 is 2.46 bits per heavy atom. The van der Waals surface area contributed by atoms with E-state index < -0.39 is 10.1 Å². The molecule has 0 unspecified atom stereocenters. The summed E-state index contributed by atoms with van der Waals surface area (Å²) in [5.74, 6) is 0.